The second-order valence-corrected chi connectivity index (χ2v) is 5.35. The van der Waals surface area contributed by atoms with Crippen LogP contribution in [0.2, 0.25) is 0 Å². The first-order valence-corrected chi connectivity index (χ1v) is 7.21. The third-order valence-corrected chi connectivity index (χ3v) is 3.93. The Labute approximate surface area is 124 Å². The fraction of sp³-hybridized carbons (Fsp3) is 0. The molecule has 0 fully saturated rings. The Bertz CT molecular complexity index is 945. The number of anilines is 1. The standard InChI is InChI=1S/C15H10N4OS/c16-15-18-13(10-6-8-21-14(10)19-15)20-12-5-1-4-11-9(12)3-2-7-17-11/h1-8H,(H2,16,18,19). The monoisotopic (exact) mass is 294 g/mol. The molecule has 2 N–H and O–H groups in total. The minimum Gasteiger partial charge on any atom is -0.437 e. The number of ether oxygens (including phenoxy) is 1. The Morgan fingerprint density at radius 3 is 2.90 bits per heavy atom. The minimum absolute atomic E-state index is 0.207. The first-order chi connectivity index (χ1) is 10.3. The van der Waals surface area contributed by atoms with Crippen molar-refractivity contribution in [2.24, 2.45) is 0 Å². The van der Waals surface area contributed by atoms with Crippen LogP contribution in [0.3, 0.4) is 0 Å². The van der Waals surface area contributed by atoms with Gasteiger partial charge in [0.25, 0.3) is 0 Å². The van der Waals surface area contributed by atoms with Crippen molar-refractivity contribution in [2.45, 2.75) is 0 Å². The summed E-state index contributed by atoms with van der Waals surface area (Å²) < 4.78 is 5.98. The van der Waals surface area contributed by atoms with Crippen LogP contribution in [0.25, 0.3) is 21.1 Å². The molecule has 0 aliphatic carbocycles. The lowest BCUT2D eigenvalue weighted by Crippen LogP contribution is -1.97. The zero-order valence-electron chi connectivity index (χ0n) is 10.9. The lowest BCUT2D eigenvalue weighted by Gasteiger charge is -2.08. The maximum Gasteiger partial charge on any atom is 0.232 e. The Morgan fingerprint density at radius 1 is 1.00 bits per heavy atom. The largest absolute Gasteiger partial charge is 0.437 e. The number of benzene rings is 1. The van der Waals surface area contributed by atoms with Gasteiger partial charge in [0, 0.05) is 11.6 Å². The molecule has 0 aliphatic rings. The van der Waals surface area contributed by atoms with Gasteiger partial charge in [-0.3, -0.25) is 4.98 Å². The van der Waals surface area contributed by atoms with Crippen LogP contribution < -0.4 is 10.5 Å². The fourth-order valence-corrected chi connectivity index (χ4v) is 2.95. The summed E-state index contributed by atoms with van der Waals surface area (Å²) in [5.74, 6) is 1.37. The maximum absolute atomic E-state index is 5.98. The smallest absolute Gasteiger partial charge is 0.232 e. The molecule has 3 aromatic heterocycles. The molecule has 0 bridgehead atoms. The minimum atomic E-state index is 0.207. The summed E-state index contributed by atoms with van der Waals surface area (Å²) in [6.45, 7) is 0. The van der Waals surface area contributed by atoms with E-state index in [0.717, 1.165) is 21.1 Å². The van der Waals surface area contributed by atoms with E-state index >= 15 is 0 Å². The van der Waals surface area contributed by atoms with Gasteiger partial charge in [0.05, 0.1) is 10.9 Å². The molecule has 3 heterocycles. The quantitative estimate of drug-likeness (QED) is 0.611. The zero-order chi connectivity index (χ0) is 14.2. The van der Waals surface area contributed by atoms with E-state index in [0.29, 0.717) is 11.6 Å². The van der Waals surface area contributed by atoms with E-state index in [9.17, 15) is 0 Å². The van der Waals surface area contributed by atoms with E-state index in [4.69, 9.17) is 10.5 Å². The van der Waals surface area contributed by atoms with Crippen molar-refractivity contribution in [3.05, 3.63) is 48.0 Å². The Kier molecular flexibility index (Phi) is 2.68. The van der Waals surface area contributed by atoms with Crippen LogP contribution in [0, 0.1) is 0 Å². The molecule has 21 heavy (non-hydrogen) atoms. The van der Waals surface area contributed by atoms with Crippen molar-refractivity contribution in [1.29, 1.82) is 0 Å². The number of fused-ring (bicyclic) bond motifs is 2. The van der Waals surface area contributed by atoms with Gasteiger partial charge in [-0.05, 0) is 35.7 Å². The molecule has 0 unspecified atom stereocenters. The van der Waals surface area contributed by atoms with Crippen molar-refractivity contribution < 1.29 is 4.74 Å². The topological polar surface area (TPSA) is 73.9 Å². The highest BCUT2D eigenvalue weighted by molar-refractivity contribution is 7.16. The lowest BCUT2D eigenvalue weighted by molar-refractivity contribution is 0.474. The number of thiophene rings is 1. The highest BCUT2D eigenvalue weighted by atomic mass is 32.1. The van der Waals surface area contributed by atoms with Crippen molar-refractivity contribution >= 4 is 38.4 Å². The number of rotatable bonds is 2. The van der Waals surface area contributed by atoms with Crippen LogP contribution in [0.4, 0.5) is 5.95 Å². The Balaban J connectivity index is 1.89. The lowest BCUT2D eigenvalue weighted by atomic mass is 10.2. The molecule has 4 aromatic rings. The van der Waals surface area contributed by atoms with Gasteiger partial charge in [0.1, 0.15) is 10.6 Å². The molecular formula is C15H10N4OS. The van der Waals surface area contributed by atoms with Crippen LogP contribution in [-0.2, 0) is 0 Å². The SMILES string of the molecule is Nc1nc(Oc2cccc3ncccc23)c2ccsc2n1. The molecule has 0 amide bonds. The highest BCUT2D eigenvalue weighted by Gasteiger charge is 2.11. The van der Waals surface area contributed by atoms with E-state index in [1.165, 1.54) is 11.3 Å². The predicted octanol–water partition coefficient (Wildman–Crippen LogP) is 3.61. The van der Waals surface area contributed by atoms with Crippen molar-refractivity contribution in [3.8, 4) is 11.6 Å². The fourth-order valence-electron chi connectivity index (χ4n) is 2.19. The van der Waals surface area contributed by atoms with Crippen LogP contribution in [-0.4, -0.2) is 15.0 Å². The second-order valence-electron chi connectivity index (χ2n) is 4.45. The first kappa shape index (κ1) is 12.0. The molecule has 102 valence electrons. The van der Waals surface area contributed by atoms with Gasteiger partial charge in [-0.2, -0.15) is 4.98 Å². The van der Waals surface area contributed by atoms with Gasteiger partial charge in [-0.1, -0.05) is 6.07 Å². The van der Waals surface area contributed by atoms with Crippen LogP contribution in [0.5, 0.6) is 11.6 Å². The Morgan fingerprint density at radius 2 is 1.95 bits per heavy atom. The molecule has 0 spiro atoms. The average Bonchev–Trinajstić information content (AvgIpc) is 2.96. The molecule has 0 radical (unpaired) electrons. The second kappa shape index (κ2) is 4.68. The van der Waals surface area contributed by atoms with Gasteiger partial charge in [-0.15, -0.1) is 11.3 Å². The number of hydrogen-bond donors (Lipinski definition) is 1. The number of nitrogens with zero attached hydrogens (tertiary/aromatic N) is 3. The number of nitrogen functional groups attached to an aromatic ring is 1. The van der Waals surface area contributed by atoms with Gasteiger partial charge >= 0.3 is 0 Å². The van der Waals surface area contributed by atoms with Crippen LogP contribution in [0.1, 0.15) is 0 Å². The molecule has 0 aliphatic heterocycles. The number of pyridine rings is 1. The summed E-state index contributed by atoms with van der Waals surface area (Å²) in [5, 5.41) is 3.73. The highest BCUT2D eigenvalue weighted by Crippen LogP contribution is 2.33. The molecule has 0 atom stereocenters. The summed E-state index contributed by atoms with van der Waals surface area (Å²) in [7, 11) is 0. The summed E-state index contributed by atoms with van der Waals surface area (Å²) >= 11 is 1.51. The summed E-state index contributed by atoms with van der Waals surface area (Å²) in [6, 6.07) is 11.5. The van der Waals surface area contributed by atoms with Crippen LogP contribution in [0.15, 0.2) is 48.0 Å². The van der Waals surface area contributed by atoms with Gasteiger partial charge < -0.3 is 10.5 Å². The molecule has 1 aromatic carbocycles. The maximum atomic E-state index is 5.98. The van der Waals surface area contributed by atoms with E-state index in [1.807, 2.05) is 41.8 Å². The molecule has 6 heteroatoms. The van der Waals surface area contributed by atoms with Crippen molar-refractivity contribution in [3.63, 3.8) is 0 Å². The number of aromatic nitrogens is 3. The third kappa shape index (κ3) is 2.05. The zero-order valence-corrected chi connectivity index (χ0v) is 11.7. The predicted molar refractivity (Wildman–Crippen MR) is 83.6 cm³/mol. The molecule has 4 rings (SSSR count). The Hall–Kier alpha value is -2.73. The van der Waals surface area contributed by atoms with Crippen LogP contribution >= 0.6 is 11.3 Å². The molecular weight excluding hydrogens is 284 g/mol. The summed E-state index contributed by atoms with van der Waals surface area (Å²) in [4.78, 5) is 13.5. The summed E-state index contributed by atoms with van der Waals surface area (Å²) in [6.07, 6.45) is 1.76. The van der Waals surface area contributed by atoms with Crippen molar-refractivity contribution in [1.82, 2.24) is 15.0 Å². The number of hydrogen-bond acceptors (Lipinski definition) is 6. The van der Waals surface area contributed by atoms with Crippen molar-refractivity contribution in [2.75, 3.05) is 5.73 Å². The van der Waals surface area contributed by atoms with Gasteiger partial charge in [0.15, 0.2) is 0 Å². The number of nitrogens with two attached hydrogens (primary N) is 1. The van der Waals surface area contributed by atoms with E-state index in [2.05, 4.69) is 15.0 Å². The van der Waals surface area contributed by atoms with E-state index in [-0.39, 0.29) is 5.95 Å². The van der Waals surface area contributed by atoms with E-state index < -0.39 is 0 Å². The first-order valence-electron chi connectivity index (χ1n) is 6.33. The molecule has 0 saturated heterocycles. The van der Waals surface area contributed by atoms with Gasteiger partial charge in [-0.25, -0.2) is 4.98 Å². The third-order valence-electron chi connectivity index (χ3n) is 3.12. The molecule has 5 nitrogen and oxygen atoms in total. The summed E-state index contributed by atoms with van der Waals surface area (Å²) in [5.41, 5.74) is 6.62. The average molecular weight is 294 g/mol. The van der Waals surface area contributed by atoms with E-state index in [1.54, 1.807) is 6.20 Å². The normalized spacial score (nSPS) is 11.0. The molecule has 0 saturated carbocycles. The van der Waals surface area contributed by atoms with Gasteiger partial charge in [0.2, 0.25) is 11.8 Å².